The van der Waals surface area contributed by atoms with Gasteiger partial charge in [0, 0.05) is 24.6 Å². The lowest BCUT2D eigenvalue weighted by Crippen LogP contribution is -2.14. The Labute approximate surface area is 88.7 Å². The minimum absolute atomic E-state index is 0.0183. The molecular formula is C11H16FNO2. The van der Waals surface area contributed by atoms with Gasteiger partial charge in [-0.2, -0.15) is 0 Å². The molecule has 4 heteroatoms. The molecule has 0 aliphatic heterocycles. The highest BCUT2D eigenvalue weighted by Gasteiger charge is 2.10. The summed E-state index contributed by atoms with van der Waals surface area (Å²) < 4.78 is 18.6. The molecule has 1 atom stereocenters. The van der Waals surface area contributed by atoms with Crippen LogP contribution in [0.1, 0.15) is 12.5 Å². The maximum absolute atomic E-state index is 13.3. The molecule has 3 N–H and O–H groups in total. The zero-order chi connectivity index (χ0) is 11.3. The summed E-state index contributed by atoms with van der Waals surface area (Å²) in [7, 11) is 0. The Morgan fingerprint density at radius 2 is 2.27 bits per heavy atom. The Balaban J connectivity index is 2.74. The molecule has 0 saturated carbocycles. The lowest BCUT2D eigenvalue weighted by Gasteiger charge is -2.13. The number of rotatable bonds is 5. The molecule has 1 rings (SSSR count). The lowest BCUT2D eigenvalue weighted by molar-refractivity contribution is 0.170. The third-order valence-corrected chi connectivity index (χ3v) is 2.09. The van der Waals surface area contributed by atoms with Gasteiger partial charge in [-0.3, -0.25) is 0 Å². The van der Waals surface area contributed by atoms with E-state index >= 15 is 0 Å². The number of nitrogens with two attached hydrogens (primary N) is 1. The van der Waals surface area contributed by atoms with Gasteiger partial charge in [0.05, 0.1) is 6.61 Å². The Bertz CT molecular complexity index is 317. The predicted molar refractivity (Wildman–Crippen MR) is 56.0 cm³/mol. The Hall–Kier alpha value is -1.13. The van der Waals surface area contributed by atoms with E-state index < -0.39 is 5.82 Å². The van der Waals surface area contributed by atoms with Crippen molar-refractivity contribution in [2.45, 2.75) is 13.5 Å². The van der Waals surface area contributed by atoms with E-state index in [1.807, 2.05) is 6.92 Å². The zero-order valence-corrected chi connectivity index (χ0v) is 8.74. The van der Waals surface area contributed by atoms with E-state index in [9.17, 15) is 4.39 Å². The van der Waals surface area contributed by atoms with Crippen LogP contribution in [0.2, 0.25) is 0 Å². The molecule has 3 nitrogen and oxygen atoms in total. The minimum Gasteiger partial charge on any atom is -0.490 e. The summed E-state index contributed by atoms with van der Waals surface area (Å²) in [5.74, 6) is -0.237. The number of halogens is 1. The first kappa shape index (κ1) is 11.9. The molecule has 0 amide bonds. The number of aliphatic hydroxyl groups excluding tert-OH is 1. The van der Waals surface area contributed by atoms with Gasteiger partial charge in [-0.1, -0.05) is 19.1 Å². The summed E-state index contributed by atoms with van der Waals surface area (Å²) in [5, 5.41) is 8.81. The smallest absolute Gasteiger partial charge is 0.165 e. The molecule has 0 aromatic heterocycles. The second-order valence-electron chi connectivity index (χ2n) is 3.53. The normalized spacial score (nSPS) is 12.5. The first-order chi connectivity index (χ1) is 7.19. The minimum atomic E-state index is -0.414. The maximum atomic E-state index is 13.3. The fraction of sp³-hybridized carbons (Fsp3) is 0.455. The second-order valence-corrected chi connectivity index (χ2v) is 3.53. The quantitative estimate of drug-likeness (QED) is 0.775. The number of hydrogen-bond acceptors (Lipinski definition) is 3. The van der Waals surface area contributed by atoms with E-state index in [0.717, 1.165) is 0 Å². The van der Waals surface area contributed by atoms with Crippen LogP contribution in [0.15, 0.2) is 18.2 Å². The van der Waals surface area contributed by atoms with Crippen molar-refractivity contribution in [3.05, 3.63) is 29.6 Å². The molecule has 15 heavy (non-hydrogen) atoms. The maximum Gasteiger partial charge on any atom is 0.165 e. The van der Waals surface area contributed by atoms with Crippen molar-refractivity contribution in [3.63, 3.8) is 0 Å². The molecule has 0 aliphatic carbocycles. The largest absolute Gasteiger partial charge is 0.490 e. The number of para-hydroxylation sites is 1. The first-order valence-electron chi connectivity index (χ1n) is 4.90. The topological polar surface area (TPSA) is 55.5 Å². The number of hydrogen-bond donors (Lipinski definition) is 2. The molecule has 1 aromatic carbocycles. The molecular weight excluding hydrogens is 197 g/mol. The summed E-state index contributed by atoms with van der Waals surface area (Å²) in [6, 6.07) is 4.65. The standard InChI is InChI=1S/C11H16FNO2/c1-8(6-14)7-15-11-9(5-13)3-2-4-10(11)12/h2-4,8,14H,5-7,13H2,1H3. The average molecular weight is 213 g/mol. The molecule has 0 spiro atoms. The van der Waals surface area contributed by atoms with Crippen molar-refractivity contribution in [2.24, 2.45) is 11.7 Å². The van der Waals surface area contributed by atoms with Gasteiger partial charge in [-0.15, -0.1) is 0 Å². The third kappa shape index (κ3) is 3.18. The van der Waals surface area contributed by atoms with Gasteiger partial charge in [0.25, 0.3) is 0 Å². The van der Waals surface area contributed by atoms with Crippen LogP contribution < -0.4 is 10.5 Å². The predicted octanol–water partition coefficient (Wildman–Crippen LogP) is 1.29. The van der Waals surface area contributed by atoms with E-state index in [4.69, 9.17) is 15.6 Å². The van der Waals surface area contributed by atoms with Crippen molar-refractivity contribution in [1.82, 2.24) is 0 Å². The van der Waals surface area contributed by atoms with Crippen LogP contribution in [0.5, 0.6) is 5.75 Å². The highest BCUT2D eigenvalue weighted by atomic mass is 19.1. The zero-order valence-electron chi connectivity index (χ0n) is 8.74. The molecule has 0 bridgehead atoms. The molecule has 0 saturated heterocycles. The second kappa shape index (κ2) is 5.68. The SMILES string of the molecule is CC(CO)COc1c(F)cccc1CN. The summed E-state index contributed by atoms with van der Waals surface area (Å²) in [4.78, 5) is 0. The monoisotopic (exact) mass is 213 g/mol. The van der Waals surface area contributed by atoms with Gasteiger partial charge >= 0.3 is 0 Å². The molecule has 84 valence electrons. The van der Waals surface area contributed by atoms with Crippen LogP contribution in [0.3, 0.4) is 0 Å². The van der Waals surface area contributed by atoms with Gasteiger partial charge < -0.3 is 15.6 Å². The molecule has 0 heterocycles. The average Bonchev–Trinajstić information content (AvgIpc) is 2.26. The highest BCUT2D eigenvalue weighted by Crippen LogP contribution is 2.22. The van der Waals surface area contributed by atoms with Crippen LogP contribution >= 0.6 is 0 Å². The number of benzene rings is 1. The van der Waals surface area contributed by atoms with Gasteiger partial charge in [-0.25, -0.2) is 4.39 Å². The molecule has 0 fully saturated rings. The molecule has 0 radical (unpaired) electrons. The van der Waals surface area contributed by atoms with Gasteiger partial charge in [-0.05, 0) is 6.07 Å². The van der Waals surface area contributed by atoms with Crippen LogP contribution in [0, 0.1) is 11.7 Å². The van der Waals surface area contributed by atoms with E-state index in [-0.39, 0.29) is 31.4 Å². The first-order valence-corrected chi connectivity index (χ1v) is 4.90. The summed E-state index contributed by atoms with van der Waals surface area (Å²) >= 11 is 0. The van der Waals surface area contributed by atoms with E-state index in [1.165, 1.54) is 6.07 Å². The molecule has 1 aromatic rings. The fourth-order valence-corrected chi connectivity index (χ4v) is 1.15. The fourth-order valence-electron chi connectivity index (χ4n) is 1.15. The summed E-state index contributed by atoms with van der Waals surface area (Å²) in [5.41, 5.74) is 6.10. The molecule has 0 aliphatic rings. The highest BCUT2D eigenvalue weighted by molar-refractivity contribution is 5.34. The lowest BCUT2D eigenvalue weighted by atomic mass is 10.2. The molecule has 1 unspecified atom stereocenters. The Morgan fingerprint density at radius 1 is 1.53 bits per heavy atom. The Kier molecular flexibility index (Phi) is 4.52. The van der Waals surface area contributed by atoms with Crippen molar-refractivity contribution < 1.29 is 14.2 Å². The summed E-state index contributed by atoms with van der Waals surface area (Å²) in [6.45, 7) is 2.36. The van der Waals surface area contributed by atoms with Crippen LogP contribution in [-0.2, 0) is 6.54 Å². The van der Waals surface area contributed by atoms with E-state index in [1.54, 1.807) is 12.1 Å². The van der Waals surface area contributed by atoms with Crippen molar-refractivity contribution in [3.8, 4) is 5.75 Å². The van der Waals surface area contributed by atoms with Crippen LogP contribution in [0.25, 0.3) is 0 Å². The number of ether oxygens (including phenoxy) is 1. The van der Waals surface area contributed by atoms with Crippen molar-refractivity contribution in [2.75, 3.05) is 13.2 Å². The number of aliphatic hydroxyl groups is 1. The van der Waals surface area contributed by atoms with Crippen molar-refractivity contribution in [1.29, 1.82) is 0 Å². The van der Waals surface area contributed by atoms with Crippen molar-refractivity contribution >= 4 is 0 Å². The van der Waals surface area contributed by atoms with Crippen LogP contribution in [0.4, 0.5) is 4.39 Å². The summed E-state index contributed by atoms with van der Waals surface area (Å²) in [6.07, 6.45) is 0. The Morgan fingerprint density at radius 3 is 2.87 bits per heavy atom. The van der Waals surface area contributed by atoms with E-state index in [2.05, 4.69) is 0 Å². The van der Waals surface area contributed by atoms with Gasteiger partial charge in [0.1, 0.15) is 0 Å². The van der Waals surface area contributed by atoms with Crippen LogP contribution in [-0.4, -0.2) is 18.3 Å². The van der Waals surface area contributed by atoms with Gasteiger partial charge in [0.2, 0.25) is 0 Å². The third-order valence-electron chi connectivity index (χ3n) is 2.09. The van der Waals surface area contributed by atoms with E-state index in [0.29, 0.717) is 5.56 Å². The van der Waals surface area contributed by atoms with Gasteiger partial charge in [0.15, 0.2) is 11.6 Å².